The van der Waals surface area contributed by atoms with Gasteiger partial charge in [0.05, 0.1) is 29.7 Å². The average molecular weight is 970 g/mol. The van der Waals surface area contributed by atoms with Crippen LogP contribution in [-0.2, 0) is 44.4 Å². The number of aryl methyl sites for hydroxylation is 1. The topological polar surface area (TPSA) is 203 Å². The third kappa shape index (κ3) is 14.8. The minimum absolute atomic E-state index is 0.0239. The van der Waals surface area contributed by atoms with E-state index in [4.69, 9.17) is 14.0 Å². The molecular formula is C55H80BN3O11. The Morgan fingerprint density at radius 1 is 0.786 bits per heavy atom. The summed E-state index contributed by atoms with van der Waals surface area (Å²) in [6.07, 6.45) is 6.00. The van der Waals surface area contributed by atoms with Gasteiger partial charge in [-0.2, -0.15) is 0 Å². The zero-order valence-electron chi connectivity index (χ0n) is 43.5. The Kier molecular flexibility index (Phi) is 19.6. The third-order valence-electron chi connectivity index (χ3n) is 15.1. The second-order valence-corrected chi connectivity index (χ2v) is 22.2. The fraction of sp³-hybridized carbons (Fsp3) is 0.655. The van der Waals surface area contributed by atoms with Crippen molar-refractivity contribution < 1.29 is 52.7 Å². The van der Waals surface area contributed by atoms with Crippen LogP contribution in [0.5, 0.6) is 0 Å². The molecule has 2 bridgehead atoms. The molecule has 0 spiro atoms. The first-order valence-corrected chi connectivity index (χ1v) is 25.9. The molecule has 1 saturated heterocycles. The number of carbonyl (C=O) groups excluding carboxylic acids is 6. The monoisotopic (exact) mass is 970 g/mol. The number of amides is 3. The number of aliphatic carboxylic acids is 1. The van der Waals surface area contributed by atoms with Gasteiger partial charge in [0, 0.05) is 43.7 Å². The summed E-state index contributed by atoms with van der Waals surface area (Å²) in [5.74, 6) is -5.03. The van der Waals surface area contributed by atoms with E-state index in [1.807, 2.05) is 31.2 Å². The molecule has 2 aromatic carbocycles. The lowest BCUT2D eigenvalue weighted by Gasteiger charge is -2.64. The van der Waals surface area contributed by atoms with Crippen LogP contribution in [0.25, 0.3) is 11.1 Å². The Morgan fingerprint density at radius 3 is 1.99 bits per heavy atom. The number of rotatable bonds is 27. The van der Waals surface area contributed by atoms with Crippen LogP contribution >= 0.6 is 0 Å². The number of benzene rings is 2. The van der Waals surface area contributed by atoms with Crippen LogP contribution in [-0.4, -0.2) is 89.4 Å². The molecule has 70 heavy (non-hydrogen) atoms. The van der Waals surface area contributed by atoms with E-state index in [0.717, 1.165) is 56.1 Å². The van der Waals surface area contributed by atoms with Gasteiger partial charge in [0.2, 0.25) is 11.8 Å². The van der Waals surface area contributed by atoms with Crippen LogP contribution in [0.3, 0.4) is 0 Å². The van der Waals surface area contributed by atoms with E-state index in [-0.39, 0.29) is 61.1 Å². The molecule has 4 fully saturated rings. The predicted octanol–water partition coefficient (Wildman–Crippen LogP) is 9.50. The fourth-order valence-corrected chi connectivity index (χ4v) is 10.5. The van der Waals surface area contributed by atoms with Gasteiger partial charge in [-0.15, -0.1) is 0 Å². The molecule has 0 unspecified atom stereocenters. The molecule has 15 heteroatoms. The van der Waals surface area contributed by atoms with Crippen molar-refractivity contribution >= 4 is 48.3 Å². The molecule has 3 saturated carbocycles. The van der Waals surface area contributed by atoms with Crippen molar-refractivity contribution in [3.8, 4) is 11.1 Å². The Hall–Kier alpha value is -4.89. The summed E-state index contributed by atoms with van der Waals surface area (Å²) in [5, 5.41) is 17.8. The highest BCUT2D eigenvalue weighted by molar-refractivity contribution is 6.47. The van der Waals surface area contributed by atoms with Gasteiger partial charge < -0.3 is 35.1 Å². The maximum Gasteiger partial charge on any atom is 0.461 e. The lowest BCUT2D eigenvalue weighted by Crippen LogP contribution is -2.65. The number of Topliss-reactive ketones (excluding diaryl/α,β-unsaturated/α-hetero) is 3. The molecule has 9 atom stereocenters. The first-order valence-electron chi connectivity index (χ1n) is 25.9. The lowest BCUT2D eigenvalue weighted by molar-refractivity contribution is -0.199. The molecule has 6 rings (SSSR count). The maximum absolute atomic E-state index is 14.1. The van der Waals surface area contributed by atoms with E-state index < -0.39 is 78.3 Å². The number of ketones is 3. The minimum Gasteiger partial charge on any atom is -0.481 e. The van der Waals surface area contributed by atoms with Crippen molar-refractivity contribution in [3.63, 3.8) is 0 Å². The summed E-state index contributed by atoms with van der Waals surface area (Å²) >= 11 is 0. The first-order chi connectivity index (χ1) is 32.9. The van der Waals surface area contributed by atoms with Crippen LogP contribution in [0.1, 0.15) is 169 Å². The Balaban J connectivity index is 1.24. The maximum atomic E-state index is 14.1. The molecule has 0 radical (unpaired) electrons. The molecule has 4 N–H and O–H groups in total. The lowest BCUT2D eigenvalue weighted by atomic mass is 9.43. The molecule has 14 nitrogen and oxygen atoms in total. The molecule has 0 aromatic heterocycles. The predicted molar refractivity (Wildman–Crippen MR) is 270 cm³/mol. The van der Waals surface area contributed by atoms with Gasteiger partial charge in [0.25, 0.3) is 0 Å². The van der Waals surface area contributed by atoms with Gasteiger partial charge in [-0.3, -0.25) is 28.8 Å². The fourth-order valence-electron chi connectivity index (χ4n) is 10.5. The van der Waals surface area contributed by atoms with E-state index in [1.165, 1.54) is 5.56 Å². The number of hydrogen-bond acceptors (Lipinski definition) is 10. The van der Waals surface area contributed by atoms with Crippen LogP contribution in [0.4, 0.5) is 4.79 Å². The second kappa shape index (κ2) is 24.5. The van der Waals surface area contributed by atoms with Crippen molar-refractivity contribution in [1.29, 1.82) is 0 Å². The second-order valence-electron chi connectivity index (χ2n) is 22.2. The summed E-state index contributed by atoms with van der Waals surface area (Å²) in [4.78, 5) is 94.2. The Morgan fingerprint density at radius 2 is 1.39 bits per heavy atom. The van der Waals surface area contributed by atoms with E-state index in [0.29, 0.717) is 30.2 Å². The molecule has 2 aromatic rings. The van der Waals surface area contributed by atoms with Crippen molar-refractivity contribution in [2.45, 2.75) is 194 Å². The molecule has 4 aliphatic rings. The first kappa shape index (κ1) is 56.0. The van der Waals surface area contributed by atoms with Crippen LogP contribution in [0.2, 0.25) is 5.82 Å². The number of alkyl carbamates (subject to hydrolysis) is 1. The highest BCUT2D eigenvalue weighted by atomic mass is 16.7. The van der Waals surface area contributed by atoms with Gasteiger partial charge in [0.1, 0.15) is 5.60 Å². The van der Waals surface area contributed by atoms with Gasteiger partial charge >= 0.3 is 19.2 Å². The minimum atomic E-state index is -1.33. The number of nitrogens with one attached hydrogen (secondary N) is 3. The number of ether oxygens (including phenoxy) is 1. The molecule has 3 aliphatic carbocycles. The number of carboxylic acid groups (broad SMARTS) is 1. The zero-order valence-corrected chi connectivity index (χ0v) is 43.5. The van der Waals surface area contributed by atoms with Crippen LogP contribution in [0.15, 0.2) is 48.5 Å². The SMILES string of the molecule is CCCCC[C@H](NC(=O)[C@H](C)CC(=O)[C@H](CCC(=O)O)NC(=O)[C@H](CNC(=O)OC(C)(C)C)CC(=O)c1ccc(-c2ccc(CCCC)cc2)cc1)C(=O)C[C@@H](C)B1O[C@@H]2C[C@@H]3C[C@@H](C3(C)C)[C@]2(C)O1. The molecule has 384 valence electrons. The standard InChI is InChI=1S/C55H80BN3O11/c1-11-13-15-17-42(46(62)29-35(4)56-69-48-32-41-31-47(54(41,8)9)55(48,10)70-56)58-50(65)34(3)28-45(61)43(26-27-49(63)64)59-51(66)40(33-57-52(67)68-53(5,6)7)30-44(60)39-24-22-38(23-25-39)37-20-18-36(19-21-37)16-14-12-2/h18-25,34-35,40-43,47-48H,11-17,26-33H2,1-10H3,(H,57,67)(H,58,65)(H,59,66)(H,63,64)/t34-,35-,40+,41+,42+,43+,47+,48-,55+/m1/s1. The van der Waals surface area contributed by atoms with Gasteiger partial charge in [-0.25, -0.2) is 4.79 Å². The summed E-state index contributed by atoms with van der Waals surface area (Å²) in [6, 6.07) is 13.2. The van der Waals surface area contributed by atoms with E-state index in [9.17, 15) is 38.7 Å². The summed E-state index contributed by atoms with van der Waals surface area (Å²) < 4.78 is 18.5. The quantitative estimate of drug-likeness (QED) is 0.0377. The number of unbranched alkanes of at least 4 members (excludes halogenated alkanes) is 3. The van der Waals surface area contributed by atoms with Crippen LogP contribution in [0, 0.1) is 29.1 Å². The van der Waals surface area contributed by atoms with E-state index in [2.05, 4.69) is 62.7 Å². The normalized spacial score (nSPS) is 22.3. The Labute approximate surface area is 416 Å². The van der Waals surface area contributed by atoms with Gasteiger partial charge in [-0.05, 0) is 106 Å². The Bertz CT molecular complexity index is 2150. The van der Waals surface area contributed by atoms with Crippen molar-refractivity contribution in [3.05, 3.63) is 59.7 Å². The molecular weight excluding hydrogens is 889 g/mol. The molecule has 1 aliphatic heterocycles. The van der Waals surface area contributed by atoms with Gasteiger partial charge in [-0.1, -0.05) is 116 Å². The van der Waals surface area contributed by atoms with E-state index in [1.54, 1.807) is 39.8 Å². The summed E-state index contributed by atoms with van der Waals surface area (Å²) in [6.45, 7) is 19.2. The summed E-state index contributed by atoms with van der Waals surface area (Å²) in [7, 11) is -0.545. The summed E-state index contributed by atoms with van der Waals surface area (Å²) in [5.41, 5.74) is 2.41. The third-order valence-corrected chi connectivity index (χ3v) is 15.1. The van der Waals surface area contributed by atoms with E-state index >= 15 is 0 Å². The van der Waals surface area contributed by atoms with Crippen LogP contribution < -0.4 is 16.0 Å². The highest BCUT2D eigenvalue weighted by Gasteiger charge is 2.68. The van der Waals surface area contributed by atoms with Crippen molar-refractivity contribution in [1.82, 2.24) is 16.0 Å². The van der Waals surface area contributed by atoms with Crippen molar-refractivity contribution in [2.75, 3.05) is 6.54 Å². The number of carbonyl (C=O) groups is 7. The number of carboxylic acids is 1. The molecule has 3 amide bonds. The highest BCUT2D eigenvalue weighted by Crippen LogP contribution is 2.66. The van der Waals surface area contributed by atoms with Gasteiger partial charge in [0.15, 0.2) is 17.3 Å². The average Bonchev–Trinajstić information content (AvgIpc) is 3.67. The molecule has 1 heterocycles. The van der Waals surface area contributed by atoms with Crippen molar-refractivity contribution in [2.24, 2.45) is 29.1 Å². The number of hydrogen-bond donors (Lipinski definition) is 4. The smallest absolute Gasteiger partial charge is 0.461 e. The zero-order chi connectivity index (χ0) is 51.6. The largest absolute Gasteiger partial charge is 0.481 e.